The fraction of sp³-hybridized carbons (Fsp3) is 0.619. The minimum absolute atomic E-state index is 0.171. The van der Waals surface area contributed by atoms with Gasteiger partial charge in [0.2, 0.25) is 5.91 Å². The minimum atomic E-state index is -0.498. The summed E-state index contributed by atoms with van der Waals surface area (Å²) in [4.78, 5) is 29.1. The number of hydrogen-bond donors (Lipinski definition) is 0. The molecule has 152 valence electrons. The zero-order valence-corrected chi connectivity index (χ0v) is 16.4. The summed E-state index contributed by atoms with van der Waals surface area (Å²) >= 11 is 0. The van der Waals surface area contributed by atoms with E-state index in [0.29, 0.717) is 46.0 Å². The van der Waals surface area contributed by atoms with E-state index >= 15 is 0 Å². The highest BCUT2D eigenvalue weighted by Crippen LogP contribution is 2.45. The van der Waals surface area contributed by atoms with Crippen LogP contribution in [-0.2, 0) is 14.9 Å². The highest BCUT2D eigenvalue weighted by Gasteiger charge is 2.46. The van der Waals surface area contributed by atoms with E-state index in [-0.39, 0.29) is 12.0 Å². The zero-order chi connectivity index (χ0) is 19.6. The number of carbonyl (C=O) groups is 2. The van der Waals surface area contributed by atoms with Crippen molar-refractivity contribution in [2.24, 2.45) is 0 Å². The summed E-state index contributed by atoms with van der Waals surface area (Å²) in [5, 5.41) is 0. The zero-order valence-electron chi connectivity index (χ0n) is 16.4. The summed E-state index contributed by atoms with van der Waals surface area (Å²) in [5.41, 5.74) is 0.522. The molecule has 2 heterocycles. The van der Waals surface area contributed by atoms with E-state index in [0.717, 1.165) is 42.7 Å². The Bertz CT molecular complexity index is 736. The summed E-state index contributed by atoms with van der Waals surface area (Å²) in [7, 11) is 0. The van der Waals surface area contributed by atoms with Crippen LogP contribution in [0.4, 0.5) is 4.79 Å². The average Bonchev–Trinajstić information content (AvgIpc) is 3.24. The molecule has 1 aromatic rings. The predicted octanol–water partition coefficient (Wildman–Crippen LogP) is 2.57. The molecule has 0 bridgehead atoms. The number of hydrogen-bond acceptors (Lipinski definition) is 5. The largest absolute Gasteiger partial charge is 0.486 e. The first-order valence-electron chi connectivity index (χ1n) is 10.3. The third-order valence-electron chi connectivity index (χ3n) is 6.05. The third-order valence-corrected chi connectivity index (χ3v) is 6.05. The average molecular weight is 388 g/mol. The van der Waals surface area contributed by atoms with E-state index in [4.69, 9.17) is 14.2 Å². The number of fused-ring (bicyclic) bond motifs is 1. The van der Waals surface area contributed by atoms with Gasteiger partial charge in [-0.25, -0.2) is 4.79 Å². The smallest absolute Gasteiger partial charge is 0.409 e. The first kappa shape index (κ1) is 18.9. The van der Waals surface area contributed by atoms with Gasteiger partial charge in [0.1, 0.15) is 13.2 Å². The van der Waals surface area contributed by atoms with E-state index in [2.05, 4.69) is 0 Å². The lowest BCUT2D eigenvalue weighted by atomic mass is 9.77. The van der Waals surface area contributed by atoms with Crippen LogP contribution in [0.25, 0.3) is 0 Å². The molecule has 1 aromatic carbocycles. The van der Waals surface area contributed by atoms with E-state index in [1.807, 2.05) is 23.1 Å². The third kappa shape index (κ3) is 3.38. The topological polar surface area (TPSA) is 68.3 Å². The van der Waals surface area contributed by atoms with E-state index in [1.165, 1.54) is 0 Å². The molecule has 0 aromatic heterocycles. The van der Waals surface area contributed by atoms with Crippen LogP contribution in [0.2, 0.25) is 0 Å². The predicted molar refractivity (Wildman–Crippen MR) is 103 cm³/mol. The quantitative estimate of drug-likeness (QED) is 0.796. The van der Waals surface area contributed by atoms with E-state index in [9.17, 15) is 9.59 Å². The number of rotatable bonds is 3. The SMILES string of the molecule is CCOC(=O)N1CCN(C(=O)C2(c3ccc4c(c3)OCCO4)CCCC2)CC1. The normalized spacial score (nSPS) is 20.8. The van der Waals surface area contributed by atoms with Crippen molar-refractivity contribution < 1.29 is 23.8 Å². The van der Waals surface area contributed by atoms with Gasteiger partial charge in [-0.05, 0) is 37.5 Å². The number of nitrogens with zero attached hydrogens (tertiary/aromatic N) is 2. The number of amides is 2. The van der Waals surface area contributed by atoms with Gasteiger partial charge in [0, 0.05) is 26.2 Å². The van der Waals surface area contributed by atoms with Crippen molar-refractivity contribution in [1.29, 1.82) is 0 Å². The highest BCUT2D eigenvalue weighted by atomic mass is 16.6. The van der Waals surface area contributed by atoms with Gasteiger partial charge in [-0.1, -0.05) is 18.9 Å². The van der Waals surface area contributed by atoms with Crippen molar-refractivity contribution in [1.82, 2.24) is 9.80 Å². The molecule has 1 aliphatic carbocycles. The summed E-state index contributed by atoms with van der Waals surface area (Å²) in [6.45, 7) is 5.38. The second-order valence-electron chi connectivity index (χ2n) is 7.63. The Morgan fingerprint density at radius 3 is 2.32 bits per heavy atom. The second kappa shape index (κ2) is 7.89. The summed E-state index contributed by atoms with van der Waals surface area (Å²) in [6, 6.07) is 5.94. The van der Waals surface area contributed by atoms with E-state index in [1.54, 1.807) is 11.8 Å². The molecule has 3 aliphatic rings. The number of carbonyl (C=O) groups excluding carboxylic acids is 2. The van der Waals surface area contributed by atoms with Crippen LogP contribution in [0.15, 0.2) is 18.2 Å². The molecule has 7 heteroatoms. The van der Waals surface area contributed by atoms with Crippen LogP contribution < -0.4 is 9.47 Å². The molecule has 2 aliphatic heterocycles. The second-order valence-corrected chi connectivity index (χ2v) is 7.63. The molecule has 28 heavy (non-hydrogen) atoms. The Morgan fingerprint density at radius 2 is 1.64 bits per heavy atom. The van der Waals surface area contributed by atoms with Gasteiger partial charge in [-0.3, -0.25) is 4.79 Å². The monoisotopic (exact) mass is 388 g/mol. The molecule has 0 spiro atoms. The first-order valence-corrected chi connectivity index (χ1v) is 10.3. The maximum atomic E-state index is 13.6. The number of benzene rings is 1. The summed E-state index contributed by atoms with van der Waals surface area (Å²) < 4.78 is 16.5. The molecule has 1 saturated heterocycles. The highest BCUT2D eigenvalue weighted by molar-refractivity contribution is 5.89. The molecule has 0 atom stereocenters. The molecule has 2 fully saturated rings. The first-order chi connectivity index (χ1) is 13.6. The van der Waals surface area contributed by atoms with Crippen LogP contribution in [0.1, 0.15) is 38.2 Å². The Kier molecular flexibility index (Phi) is 5.33. The van der Waals surface area contributed by atoms with Crippen molar-refractivity contribution in [3.05, 3.63) is 23.8 Å². The lowest BCUT2D eigenvalue weighted by Gasteiger charge is -2.40. The fourth-order valence-electron chi connectivity index (χ4n) is 4.56. The van der Waals surface area contributed by atoms with Gasteiger partial charge in [-0.15, -0.1) is 0 Å². The van der Waals surface area contributed by atoms with Gasteiger partial charge < -0.3 is 24.0 Å². The van der Waals surface area contributed by atoms with Crippen LogP contribution in [0, 0.1) is 0 Å². The van der Waals surface area contributed by atoms with Gasteiger partial charge in [0.05, 0.1) is 12.0 Å². The van der Waals surface area contributed by atoms with Crippen LogP contribution in [0.5, 0.6) is 11.5 Å². The van der Waals surface area contributed by atoms with Gasteiger partial charge in [-0.2, -0.15) is 0 Å². The van der Waals surface area contributed by atoms with Crippen molar-refractivity contribution in [2.75, 3.05) is 46.0 Å². The van der Waals surface area contributed by atoms with Crippen LogP contribution >= 0.6 is 0 Å². The molecule has 1 saturated carbocycles. The maximum Gasteiger partial charge on any atom is 0.409 e. The van der Waals surface area contributed by atoms with Crippen LogP contribution in [0.3, 0.4) is 0 Å². The van der Waals surface area contributed by atoms with Gasteiger partial charge in [0.15, 0.2) is 11.5 Å². The molecule has 7 nitrogen and oxygen atoms in total. The van der Waals surface area contributed by atoms with Crippen molar-refractivity contribution >= 4 is 12.0 Å². The standard InChI is InChI=1S/C21H28N2O5/c1-2-26-20(25)23-11-9-22(10-12-23)19(24)21(7-3-4-8-21)16-5-6-17-18(15-16)28-14-13-27-17/h5-6,15H,2-4,7-14H2,1H3. The van der Waals surface area contributed by atoms with Gasteiger partial charge in [0.25, 0.3) is 0 Å². The van der Waals surface area contributed by atoms with Crippen molar-refractivity contribution in [3.63, 3.8) is 0 Å². The molecule has 4 rings (SSSR count). The molecule has 0 N–H and O–H groups in total. The number of ether oxygens (including phenoxy) is 3. The minimum Gasteiger partial charge on any atom is -0.486 e. The number of piperazine rings is 1. The molecule has 0 unspecified atom stereocenters. The lowest BCUT2D eigenvalue weighted by molar-refractivity contribution is -0.139. The Hall–Kier alpha value is -2.44. The Morgan fingerprint density at radius 1 is 1.00 bits per heavy atom. The molecular formula is C21H28N2O5. The maximum absolute atomic E-state index is 13.6. The van der Waals surface area contributed by atoms with E-state index < -0.39 is 5.41 Å². The fourth-order valence-corrected chi connectivity index (χ4v) is 4.56. The summed E-state index contributed by atoms with van der Waals surface area (Å²) in [5.74, 6) is 1.65. The molecule has 2 amide bonds. The summed E-state index contributed by atoms with van der Waals surface area (Å²) in [6.07, 6.45) is 3.50. The van der Waals surface area contributed by atoms with Crippen molar-refractivity contribution in [3.8, 4) is 11.5 Å². The van der Waals surface area contributed by atoms with Crippen LogP contribution in [-0.4, -0.2) is 67.8 Å². The lowest BCUT2D eigenvalue weighted by Crippen LogP contribution is -2.55. The molecule has 0 radical (unpaired) electrons. The molecular weight excluding hydrogens is 360 g/mol. The van der Waals surface area contributed by atoms with Gasteiger partial charge >= 0.3 is 6.09 Å². The Labute approximate surface area is 165 Å². The van der Waals surface area contributed by atoms with Crippen molar-refractivity contribution in [2.45, 2.75) is 38.0 Å². The Balaban J connectivity index is 1.52.